The van der Waals surface area contributed by atoms with Crippen LogP contribution in [0.3, 0.4) is 0 Å². The number of piperazine rings is 1. The van der Waals surface area contributed by atoms with Gasteiger partial charge in [-0.1, -0.05) is 19.3 Å². The van der Waals surface area contributed by atoms with Crippen LogP contribution >= 0.6 is 0 Å². The van der Waals surface area contributed by atoms with Crippen molar-refractivity contribution in [1.29, 1.82) is 0 Å². The summed E-state index contributed by atoms with van der Waals surface area (Å²) >= 11 is 0. The van der Waals surface area contributed by atoms with Gasteiger partial charge in [-0.15, -0.1) is 0 Å². The van der Waals surface area contributed by atoms with Gasteiger partial charge in [-0.05, 0) is 39.7 Å². The highest BCUT2D eigenvalue weighted by Gasteiger charge is 2.41. The van der Waals surface area contributed by atoms with Crippen LogP contribution in [0.2, 0.25) is 0 Å². The second-order valence-electron chi connectivity index (χ2n) is 6.43. The first-order valence-electron chi connectivity index (χ1n) is 7.31. The van der Waals surface area contributed by atoms with Crippen molar-refractivity contribution in [2.45, 2.75) is 70.0 Å². The maximum absolute atomic E-state index is 12.2. The largest absolute Gasteiger partial charge is 0.349 e. The number of carbonyl (C=O) groups excluding carboxylic acids is 1. The third-order valence-electron chi connectivity index (χ3n) is 4.23. The summed E-state index contributed by atoms with van der Waals surface area (Å²) in [4.78, 5) is 14.7. The number of nitrogens with zero attached hydrogens (tertiary/aromatic N) is 1. The minimum absolute atomic E-state index is 0.00822. The van der Waals surface area contributed by atoms with Gasteiger partial charge in [0, 0.05) is 18.1 Å². The molecular formula is C14H27N3O. The standard InChI is InChI=1S/C14H27N3O/c1-14(2)10-17(11-6-4-3-5-7-11)12(8-9-15)13(18)16-14/h11-12H,3-10,15H2,1-2H3,(H,16,18). The van der Waals surface area contributed by atoms with Crippen LogP contribution in [-0.2, 0) is 4.79 Å². The number of nitrogens with two attached hydrogens (primary N) is 1. The van der Waals surface area contributed by atoms with Crippen LogP contribution in [0.25, 0.3) is 0 Å². The molecule has 2 aliphatic rings. The summed E-state index contributed by atoms with van der Waals surface area (Å²) < 4.78 is 0. The molecule has 4 heteroatoms. The molecule has 0 spiro atoms. The Morgan fingerprint density at radius 3 is 2.61 bits per heavy atom. The first kappa shape index (κ1) is 13.8. The van der Waals surface area contributed by atoms with E-state index in [9.17, 15) is 4.79 Å². The molecule has 18 heavy (non-hydrogen) atoms. The van der Waals surface area contributed by atoms with Gasteiger partial charge in [0.2, 0.25) is 5.91 Å². The monoisotopic (exact) mass is 253 g/mol. The summed E-state index contributed by atoms with van der Waals surface area (Å²) in [5.41, 5.74) is 5.56. The van der Waals surface area contributed by atoms with Crippen LogP contribution in [-0.4, -0.2) is 41.5 Å². The van der Waals surface area contributed by atoms with Crippen molar-refractivity contribution in [3.8, 4) is 0 Å². The maximum Gasteiger partial charge on any atom is 0.237 e. The van der Waals surface area contributed by atoms with Gasteiger partial charge in [-0.3, -0.25) is 9.69 Å². The van der Waals surface area contributed by atoms with E-state index < -0.39 is 0 Å². The fourth-order valence-corrected chi connectivity index (χ4v) is 3.42. The minimum atomic E-state index is -0.111. The van der Waals surface area contributed by atoms with Crippen LogP contribution in [0, 0.1) is 0 Å². The molecule has 1 atom stereocenters. The Labute approximate surface area is 110 Å². The maximum atomic E-state index is 12.2. The van der Waals surface area contributed by atoms with E-state index in [1.165, 1.54) is 32.1 Å². The number of carbonyl (C=O) groups is 1. The van der Waals surface area contributed by atoms with Crippen molar-refractivity contribution >= 4 is 5.91 Å². The SMILES string of the molecule is CC1(C)CN(C2CCCCC2)C(CCN)C(=O)N1. The number of rotatable bonds is 3. The Kier molecular flexibility index (Phi) is 4.28. The molecule has 3 N–H and O–H groups in total. The molecule has 4 nitrogen and oxygen atoms in total. The van der Waals surface area contributed by atoms with E-state index >= 15 is 0 Å². The van der Waals surface area contributed by atoms with Crippen molar-refractivity contribution in [2.24, 2.45) is 5.73 Å². The van der Waals surface area contributed by atoms with E-state index in [1.54, 1.807) is 0 Å². The fourth-order valence-electron chi connectivity index (χ4n) is 3.42. The molecule has 0 radical (unpaired) electrons. The van der Waals surface area contributed by atoms with Crippen LogP contribution in [0.5, 0.6) is 0 Å². The molecule has 1 unspecified atom stereocenters. The van der Waals surface area contributed by atoms with Crippen LogP contribution in [0.1, 0.15) is 52.4 Å². The highest BCUT2D eigenvalue weighted by atomic mass is 16.2. The van der Waals surface area contributed by atoms with E-state index in [4.69, 9.17) is 5.73 Å². The van der Waals surface area contributed by atoms with Crippen molar-refractivity contribution < 1.29 is 4.79 Å². The van der Waals surface area contributed by atoms with Crippen molar-refractivity contribution in [3.05, 3.63) is 0 Å². The summed E-state index contributed by atoms with van der Waals surface area (Å²) in [7, 11) is 0. The molecule has 1 amide bonds. The Balaban J connectivity index is 2.12. The van der Waals surface area contributed by atoms with Gasteiger partial charge >= 0.3 is 0 Å². The molecule has 1 aliphatic heterocycles. The number of hydrogen-bond acceptors (Lipinski definition) is 3. The fraction of sp³-hybridized carbons (Fsp3) is 0.929. The van der Waals surface area contributed by atoms with E-state index in [2.05, 4.69) is 24.1 Å². The third-order valence-corrected chi connectivity index (χ3v) is 4.23. The van der Waals surface area contributed by atoms with E-state index in [-0.39, 0.29) is 17.5 Å². The van der Waals surface area contributed by atoms with E-state index in [0.29, 0.717) is 12.6 Å². The van der Waals surface area contributed by atoms with Crippen LogP contribution in [0.4, 0.5) is 0 Å². The summed E-state index contributed by atoms with van der Waals surface area (Å²) in [5.74, 6) is 0.169. The normalized spacial score (nSPS) is 30.2. The summed E-state index contributed by atoms with van der Waals surface area (Å²) in [6, 6.07) is 0.576. The predicted molar refractivity (Wildman–Crippen MR) is 73.3 cm³/mol. The predicted octanol–water partition coefficient (Wildman–Crippen LogP) is 1.25. The lowest BCUT2D eigenvalue weighted by atomic mass is 9.88. The van der Waals surface area contributed by atoms with E-state index in [1.807, 2.05) is 0 Å². The van der Waals surface area contributed by atoms with Gasteiger partial charge < -0.3 is 11.1 Å². The lowest BCUT2D eigenvalue weighted by Gasteiger charge is -2.48. The molecule has 0 aromatic rings. The topological polar surface area (TPSA) is 58.4 Å². The Hall–Kier alpha value is -0.610. The molecule has 0 bridgehead atoms. The van der Waals surface area contributed by atoms with Gasteiger partial charge in [-0.25, -0.2) is 0 Å². The molecular weight excluding hydrogens is 226 g/mol. The molecule has 0 aromatic heterocycles. The van der Waals surface area contributed by atoms with Gasteiger partial charge in [0.1, 0.15) is 0 Å². The van der Waals surface area contributed by atoms with Gasteiger partial charge in [0.05, 0.1) is 6.04 Å². The lowest BCUT2D eigenvalue weighted by molar-refractivity contribution is -0.135. The second-order valence-corrected chi connectivity index (χ2v) is 6.43. The Morgan fingerprint density at radius 1 is 1.33 bits per heavy atom. The molecule has 104 valence electrons. The van der Waals surface area contributed by atoms with Gasteiger partial charge in [0.15, 0.2) is 0 Å². The summed E-state index contributed by atoms with van der Waals surface area (Å²) in [5, 5.41) is 3.12. The quantitative estimate of drug-likeness (QED) is 0.796. The zero-order chi connectivity index (χ0) is 13.2. The van der Waals surface area contributed by atoms with Crippen molar-refractivity contribution in [2.75, 3.05) is 13.1 Å². The smallest absolute Gasteiger partial charge is 0.237 e. The van der Waals surface area contributed by atoms with Crippen molar-refractivity contribution in [1.82, 2.24) is 10.2 Å². The molecule has 2 rings (SSSR count). The third kappa shape index (κ3) is 3.04. The molecule has 1 saturated heterocycles. The molecule has 1 heterocycles. The highest BCUT2D eigenvalue weighted by molar-refractivity contribution is 5.83. The van der Waals surface area contributed by atoms with Crippen LogP contribution in [0.15, 0.2) is 0 Å². The van der Waals surface area contributed by atoms with Crippen molar-refractivity contribution in [3.63, 3.8) is 0 Å². The molecule has 0 aromatic carbocycles. The average Bonchev–Trinajstić information content (AvgIpc) is 2.33. The first-order chi connectivity index (χ1) is 8.53. The Morgan fingerprint density at radius 2 is 2.00 bits per heavy atom. The second kappa shape index (κ2) is 5.57. The van der Waals surface area contributed by atoms with Gasteiger partial charge in [-0.2, -0.15) is 0 Å². The number of amides is 1. The van der Waals surface area contributed by atoms with Crippen LogP contribution < -0.4 is 11.1 Å². The van der Waals surface area contributed by atoms with E-state index in [0.717, 1.165) is 13.0 Å². The lowest BCUT2D eigenvalue weighted by Crippen LogP contribution is -2.67. The Bertz CT molecular complexity index is 297. The minimum Gasteiger partial charge on any atom is -0.349 e. The number of nitrogens with one attached hydrogen (secondary N) is 1. The summed E-state index contributed by atoms with van der Waals surface area (Å²) in [6.45, 7) is 5.76. The zero-order valence-corrected chi connectivity index (χ0v) is 11.7. The number of hydrogen-bond donors (Lipinski definition) is 2. The molecule has 1 saturated carbocycles. The first-order valence-corrected chi connectivity index (χ1v) is 7.31. The summed E-state index contributed by atoms with van der Waals surface area (Å²) in [6.07, 6.45) is 7.21. The zero-order valence-electron chi connectivity index (χ0n) is 11.7. The molecule has 1 aliphatic carbocycles. The average molecular weight is 253 g/mol. The molecule has 2 fully saturated rings. The van der Waals surface area contributed by atoms with Gasteiger partial charge in [0.25, 0.3) is 0 Å². The highest BCUT2D eigenvalue weighted by Crippen LogP contribution is 2.28.